The van der Waals surface area contributed by atoms with Crippen molar-refractivity contribution in [3.05, 3.63) is 18.0 Å². The number of fused-ring (bicyclic) bond motifs is 1. The minimum absolute atomic E-state index is 0.874. The summed E-state index contributed by atoms with van der Waals surface area (Å²) >= 11 is 4.22. The van der Waals surface area contributed by atoms with Crippen molar-refractivity contribution < 1.29 is 0 Å². The van der Waals surface area contributed by atoms with E-state index in [9.17, 15) is 0 Å². The van der Waals surface area contributed by atoms with Crippen LogP contribution in [0.1, 0.15) is 5.69 Å². The molecule has 0 radical (unpaired) electrons. The maximum absolute atomic E-state index is 4.25. The summed E-state index contributed by atoms with van der Waals surface area (Å²) in [6.07, 6.45) is 1.73. The number of pyridine rings is 1. The molecule has 0 fully saturated rings. The largest absolute Gasteiger partial charge is 0.250 e. The van der Waals surface area contributed by atoms with Crippen LogP contribution in [0.5, 0.6) is 0 Å². The van der Waals surface area contributed by atoms with Gasteiger partial charge in [0, 0.05) is 23.5 Å². The molecule has 0 N–H and O–H groups in total. The molecule has 3 nitrogen and oxygen atoms in total. The summed E-state index contributed by atoms with van der Waals surface area (Å²) in [7, 11) is 1.89. The first kappa shape index (κ1) is 7.61. The SMILES string of the molecule is Cc1nn(C)c2ncc(S)cc12. The lowest BCUT2D eigenvalue weighted by Crippen LogP contribution is -1.91. The third-order valence-corrected chi connectivity index (χ3v) is 2.09. The molecule has 0 saturated carbocycles. The molecule has 0 amide bonds. The Hall–Kier alpha value is -1.03. The number of hydrogen-bond donors (Lipinski definition) is 1. The Morgan fingerprint density at radius 3 is 3.00 bits per heavy atom. The van der Waals surface area contributed by atoms with E-state index in [1.54, 1.807) is 10.9 Å². The summed E-state index contributed by atoms with van der Waals surface area (Å²) in [4.78, 5) is 5.10. The third kappa shape index (κ3) is 0.992. The topological polar surface area (TPSA) is 30.7 Å². The first-order valence-corrected chi connectivity index (χ1v) is 4.11. The lowest BCUT2D eigenvalue weighted by molar-refractivity contribution is 0.773. The monoisotopic (exact) mass is 179 g/mol. The van der Waals surface area contributed by atoms with E-state index in [0.29, 0.717) is 0 Å². The predicted molar refractivity (Wildman–Crippen MR) is 50.5 cm³/mol. The quantitative estimate of drug-likeness (QED) is 0.622. The third-order valence-electron chi connectivity index (χ3n) is 1.85. The Morgan fingerprint density at radius 1 is 1.50 bits per heavy atom. The van der Waals surface area contributed by atoms with Gasteiger partial charge in [-0.3, -0.25) is 4.68 Å². The lowest BCUT2D eigenvalue weighted by atomic mass is 10.3. The molecule has 4 heteroatoms. The van der Waals surface area contributed by atoms with E-state index in [4.69, 9.17) is 0 Å². The summed E-state index contributed by atoms with van der Waals surface area (Å²) in [6, 6.07) is 1.98. The van der Waals surface area contributed by atoms with Crippen LogP contribution in [0.3, 0.4) is 0 Å². The Bertz CT molecular complexity index is 433. The zero-order valence-corrected chi connectivity index (χ0v) is 7.84. The van der Waals surface area contributed by atoms with Crippen LogP contribution >= 0.6 is 12.6 Å². The van der Waals surface area contributed by atoms with Gasteiger partial charge in [0.2, 0.25) is 0 Å². The Kier molecular flexibility index (Phi) is 1.58. The predicted octanol–water partition coefficient (Wildman–Crippen LogP) is 1.57. The van der Waals surface area contributed by atoms with E-state index in [1.165, 1.54) is 0 Å². The highest BCUT2D eigenvalue weighted by molar-refractivity contribution is 7.80. The van der Waals surface area contributed by atoms with Gasteiger partial charge < -0.3 is 0 Å². The molecule has 0 atom stereocenters. The number of nitrogens with zero attached hydrogens (tertiary/aromatic N) is 3. The summed E-state index contributed by atoms with van der Waals surface area (Å²) in [6.45, 7) is 1.97. The van der Waals surface area contributed by atoms with Crippen LogP contribution in [0, 0.1) is 6.92 Å². The summed E-state index contributed by atoms with van der Waals surface area (Å²) in [5.74, 6) is 0. The van der Waals surface area contributed by atoms with E-state index in [2.05, 4.69) is 22.7 Å². The van der Waals surface area contributed by atoms with Crippen LogP contribution in [-0.2, 0) is 7.05 Å². The van der Waals surface area contributed by atoms with Crippen molar-refractivity contribution >= 4 is 23.7 Å². The fraction of sp³-hybridized carbons (Fsp3) is 0.250. The minimum Gasteiger partial charge on any atom is -0.250 e. The summed E-state index contributed by atoms with van der Waals surface area (Å²) in [5.41, 5.74) is 1.90. The van der Waals surface area contributed by atoms with E-state index < -0.39 is 0 Å². The maximum Gasteiger partial charge on any atom is 0.157 e. The van der Waals surface area contributed by atoms with E-state index >= 15 is 0 Å². The van der Waals surface area contributed by atoms with Crippen LogP contribution in [0.4, 0.5) is 0 Å². The van der Waals surface area contributed by atoms with E-state index in [1.807, 2.05) is 20.0 Å². The molecule has 2 aromatic heterocycles. The number of aryl methyl sites for hydroxylation is 2. The highest BCUT2D eigenvalue weighted by Crippen LogP contribution is 2.17. The van der Waals surface area contributed by atoms with Crippen LogP contribution in [0.15, 0.2) is 17.2 Å². The van der Waals surface area contributed by atoms with Gasteiger partial charge in [0.25, 0.3) is 0 Å². The molecule has 62 valence electrons. The van der Waals surface area contributed by atoms with Crippen molar-refractivity contribution in [3.63, 3.8) is 0 Å². The van der Waals surface area contributed by atoms with Crippen molar-refractivity contribution in [2.75, 3.05) is 0 Å². The summed E-state index contributed by atoms with van der Waals surface area (Å²) < 4.78 is 1.78. The Morgan fingerprint density at radius 2 is 2.25 bits per heavy atom. The molecule has 2 aromatic rings. The van der Waals surface area contributed by atoms with Crippen LogP contribution in [0.2, 0.25) is 0 Å². The highest BCUT2D eigenvalue weighted by atomic mass is 32.1. The van der Waals surface area contributed by atoms with Gasteiger partial charge in [-0.25, -0.2) is 4.98 Å². The minimum atomic E-state index is 0.874. The van der Waals surface area contributed by atoms with Gasteiger partial charge in [-0.15, -0.1) is 12.6 Å². The second-order valence-electron chi connectivity index (χ2n) is 2.77. The molecule has 0 aliphatic carbocycles. The molecule has 0 bridgehead atoms. The van der Waals surface area contributed by atoms with Crippen LogP contribution < -0.4 is 0 Å². The summed E-state index contributed by atoms with van der Waals surface area (Å²) in [5, 5.41) is 5.33. The Labute approximate surface area is 75.8 Å². The smallest absolute Gasteiger partial charge is 0.157 e. The standard InChI is InChI=1S/C8H9N3S/c1-5-7-3-6(12)4-9-8(7)11(2)10-5/h3-4,12H,1-2H3. The van der Waals surface area contributed by atoms with Crippen molar-refractivity contribution in [2.24, 2.45) is 7.05 Å². The molecule has 0 aromatic carbocycles. The molecule has 0 spiro atoms. The van der Waals surface area contributed by atoms with Crippen LogP contribution in [-0.4, -0.2) is 14.8 Å². The van der Waals surface area contributed by atoms with Gasteiger partial charge in [-0.1, -0.05) is 0 Å². The Balaban J connectivity index is 2.90. The number of rotatable bonds is 0. The first-order valence-electron chi connectivity index (χ1n) is 3.67. The van der Waals surface area contributed by atoms with Crippen molar-refractivity contribution in [1.29, 1.82) is 0 Å². The number of hydrogen-bond acceptors (Lipinski definition) is 3. The van der Waals surface area contributed by atoms with Gasteiger partial charge >= 0.3 is 0 Å². The average Bonchev–Trinajstić information content (AvgIpc) is 2.28. The fourth-order valence-corrected chi connectivity index (χ4v) is 1.48. The van der Waals surface area contributed by atoms with Gasteiger partial charge in [0.05, 0.1) is 5.69 Å². The zero-order chi connectivity index (χ0) is 8.72. The molecule has 12 heavy (non-hydrogen) atoms. The van der Waals surface area contributed by atoms with Crippen molar-refractivity contribution in [1.82, 2.24) is 14.8 Å². The fourth-order valence-electron chi connectivity index (χ4n) is 1.30. The molecule has 0 aliphatic heterocycles. The highest BCUT2D eigenvalue weighted by Gasteiger charge is 2.04. The van der Waals surface area contributed by atoms with Crippen LogP contribution in [0.25, 0.3) is 11.0 Å². The first-order chi connectivity index (χ1) is 5.68. The average molecular weight is 179 g/mol. The lowest BCUT2D eigenvalue weighted by Gasteiger charge is -1.92. The maximum atomic E-state index is 4.25. The van der Waals surface area contributed by atoms with Gasteiger partial charge in [0.15, 0.2) is 5.65 Å². The normalized spacial score (nSPS) is 10.9. The molecular weight excluding hydrogens is 170 g/mol. The zero-order valence-electron chi connectivity index (χ0n) is 6.94. The number of thiol groups is 1. The molecule has 0 saturated heterocycles. The van der Waals surface area contributed by atoms with Crippen molar-refractivity contribution in [3.8, 4) is 0 Å². The number of aromatic nitrogens is 3. The second kappa shape index (κ2) is 2.48. The van der Waals surface area contributed by atoms with Crippen molar-refractivity contribution in [2.45, 2.75) is 11.8 Å². The van der Waals surface area contributed by atoms with Gasteiger partial charge in [-0.05, 0) is 13.0 Å². The van der Waals surface area contributed by atoms with E-state index in [0.717, 1.165) is 21.6 Å². The molecule has 0 aliphatic rings. The molecular formula is C8H9N3S. The van der Waals surface area contributed by atoms with Gasteiger partial charge in [-0.2, -0.15) is 5.10 Å². The molecule has 2 heterocycles. The van der Waals surface area contributed by atoms with E-state index in [-0.39, 0.29) is 0 Å². The van der Waals surface area contributed by atoms with Gasteiger partial charge in [0.1, 0.15) is 0 Å². The second-order valence-corrected chi connectivity index (χ2v) is 3.29. The molecule has 2 rings (SSSR count). The molecule has 0 unspecified atom stereocenters.